The molecule has 2 heterocycles. The van der Waals surface area contributed by atoms with Crippen molar-refractivity contribution in [3.8, 4) is 0 Å². The molecule has 1 aliphatic heterocycles. The maximum absolute atomic E-state index is 12.9. The molecule has 1 aromatic heterocycles. The van der Waals surface area contributed by atoms with Crippen LogP contribution >= 0.6 is 0 Å². The maximum Gasteiger partial charge on any atom is 0.321 e. The van der Waals surface area contributed by atoms with Crippen LogP contribution in [0.3, 0.4) is 0 Å². The summed E-state index contributed by atoms with van der Waals surface area (Å²) in [6.45, 7) is 5.30. The molecule has 1 aliphatic rings. The lowest BCUT2D eigenvalue weighted by Gasteiger charge is -2.32. The molecule has 0 spiro atoms. The Hall–Kier alpha value is -3.15. The molecule has 0 aliphatic carbocycles. The molecule has 4 rings (SSSR count). The number of piperidine rings is 1. The third-order valence-corrected chi connectivity index (χ3v) is 5.77. The Balaban J connectivity index is 1.42. The van der Waals surface area contributed by atoms with Gasteiger partial charge in [-0.2, -0.15) is 0 Å². The molecule has 2 aromatic carbocycles. The van der Waals surface area contributed by atoms with Crippen LogP contribution in [0.2, 0.25) is 0 Å². The van der Waals surface area contributed by atoms with E-state index in [2.05, 4.69) is 17.2 Å². The number of nitrogens with one attached hydrogen (secondary N) is 1. The number of amides is 2. The van der Waals surface area contributed by atoms with Gasteiger partial charge in [-0.25, -0.2) is 9.78 Å². The standard InChI is InChI=1S/C23H26N4O2/c1-3-17-7-9-18(10-8-17)25-23(29)26-13-11-19(12-14-26)27-15-24-21-16(2)5-4-6-20(21)22(27)28/h4-10,15,19H,3,11-14H2,1-2H3,(H,25,29). The SMILES string of the molecule is CCc1ccc(NC(=O)N2CCC(n3cnc4c(C)cccc4c3=O)CC2)cc1. The first-order chi connectivity index (χ1) is 14.1. The number of hydrogen-bond acceptors (Lipinski definition) is 3. The number of fused-ring (bicyclic) bond motifs is 1. The van der Waals surface area contributed by atoms with Crippen molar-refractivity contribution in [2.24, 2.45) is 0 Å². The summed E-state index contributed by atoms with van der Waals surface area (Å²) < 4.78 is 1.74. The van der Waals surface area contributed by atoms with Gasteiger partial charge in [-0.1, -0.05) is 31.2 Å². The molecule has 1 N–H and O–H groups in total. The van der Waals surface area contributed by atoms with Gasteiger partial charge in [-0.3, -0.25) is 9.36 Å². The number of carbonyl (C=O) groups is 1. The summed E-state index contributed by atoms with van der Waals surface area (Å²) in [6.07, 6.45) is 4.11. The lowest BCUT2D eigenvalue weighted by Crippen LogP contribution is -2.42. The highest BCUT2D eigenvalue weighted by Crippen LogP contribution is 2.23. The largest absolute Gasteiger partial charge is 0.324 e. The molecule has 0 atom stereocenters. The van der Waals surface area contributed by atoms with Crippen LogP contribution in [0.4, 0.5) is 10.5 Å². The Morgan fingerprint density at radius 1 is 1.14 bits per heavy atom. The summed E-state index contributed by atoms with van der Waals surface area (Å²) in [5.41, 5.74) is 3.82. The lowest BCUT2D eigenvalue weighted by molar-refractivity contribution is 0.182. The van der Waals surface area contributed by atoms with Crippen molar-refractivity contribution in [3.05, 3.63) is 70.3 Å². The van der Waals surface area contributed by atoms with Crippen molar-refractivity contribution < 1.29 is 4.79 Å². The van der Waals surface area contributed by atoms with Crippen LogP contribution in [0.25, 0.3) is 10.9 Å². The third kappa shape index (κ3) is 3.88. The van der Waals surface area contributed by atoms with E-state index in [-0.39, 0.29) is 17.6 Å². The fourth-order valence-corrected chi connectivity index (χ4v) is 3.95. The molecular weight excluding hydrogens is 364 g/mol. The van der Waals surface area contributed by atoms with Crippen molar-refractivity contribution in [1.82, 2.24) is 14.5 Å². The van der Waals surface area contributed by atoms with Gasteiger partial charge >= 0.3 is 6.03 Å². The molecule has 0 radical (unpaired) electrons. The molecule has 0 unspecified atom stereocenters. The molecule has 29 heavy (non-hydrogen) atoms. The Morgan fingerprint density at radius 2 is 1.86 bits per heavy atom. The topological polar surface area (TPSA) is 67.2 Å². The summed E-state index contributed by atoms with van der Waals surface area (Å²) in [5.74, 6) is 0. The number of para-hydroxylation sites is 1. The predicted octanol–water partition coefficient (Wildman–Crippen LogP) is 4.14. The Labute approximate surface area is 170 Å². The highest BCUT2D eigenvalue weighted by molar-refractivity contribution is 5.89. The Bertz CT molecular complexity index is 1080. The molecule has 0 bridgehead atoms. The van der Waals surface area contributed by atoms with E-state index in [0.717, 1.165) is 36.0 Å². The minimum Gasteiger partial charge on any atom is -0.324 e. The van der Waals surface area contributed by atoms with Crippen molar-refractivity contribution in [2.45, 2.75) is 39.2 Å². The zero-order chi connectivity index (χ0) is 20.4. The van der Waals surface area contributed by atoms with Gasteiger partial charge in [0.15, 0.2) is 0 Å². The van der Waals surface area contributed by atoms with E-state index in [1.165, 1.54) is 5.56 Å². The van der Waals surface area contributed by atoms with Gasteiger partial charge < -0.3 is 10.2 Å². The van der Waals surface area contributed by atoms with Gasteiger partial charge in [0.2, 0.25) is 0 Å². The van der Waals surface area contributed by atoms with Crippen LogP contribution in [0, 0.1) is 6.92 Å². The van der Waals surface area contributed by atoms with E-state index in [9.17, 15) is 9.59 Å². The van der Waals surface area contributed by atoms with Gasteiger partial charge in [0.05, 0.1) is 17.2 Å². The number of aryl methyl sites for hydroxylation is 2. The van der Waals surface area contributed by atoms with E-state index >= 15 is 0 Å². The molecule has 6 heteroatoms. The molecule has 3 aromatic rings. The number of carbonyl (C=O) groups excluding carboxylic acids is 1. The minimum absolute atomic E-state index is 0.00221. The van der Waals surface area contributed by atoms with Gasteiger partial charge in [0.25, 0.3) is 5.56 Å². The number of urea groups is 1. The first-order valence-electron chi connectivity index (χ1n) is 10.2. The molecule has 0 saturated carbocycles. The highest BCUT2D eigenvalue weighted by Gasteiger charge is 2.25. The van der Waals surface area contributed by atoms with Gasteiger partial charge in [-0.15, -0.1) is 0 Å². The van der Waals surface area contributed by atoms with E-state index in [1.807, 2.05) is 54.3 Å². The first-order valence-corrected chi connectivity index (χ1v) is 10.2. The summed E-state index contributed by atoms with van der Waals surface area (Å²) in [7, 11) is 0. The number of anilines is 1. The van der Waals surface area contributed by atoms with Gasteiger partial charge in [-0.05, 0) is 55.5 Å². The average Bonchev–Trinajstić information content (AvgIpc) is 2.75. The van der Waals surface area contributed by atoms with E-state index in [1.54, 1.807) is 10.9 Å². The summed E-state index contributed by atoms with van der Waals surface area (Å²) in [6, 6.07) is 13.6. The zero-order valence-corrected chi connectivity index (χ0v) is 16.9. The summed E-state index contributed by atoms with van der Waals surface area (Å²) in [4.78, 5) is 31.8. The van der Waals surface area contributed by atoms with E-state index in [0.29, 0.717) is 18.5 Å². The predicted molar refractivity (Wildman–Crippen MR) is 115 cm³/mol. The van der Waals surface area contributed by atoms with Gasteiger partial charge in [0, 0.05) is 24.8 Å². The van der Waals surface area contributed by atoms with E-state index in [4.69, 9.17) is 0 Å². The van der Waals surface area contributed by atoms with Crippen LogP contribution in [-0.4, -0.2) is 33.6 Å². The van der Waals surface area contributed by atoms with Crippen molar-refractivity contribution in [1.29, 1.82) is 0 Å². The normalized spacial score (nSPS) is 14.9. The fraction of sp³-hybridized carbons (Fsp3) is 0.348. The second kappa shape index (κ2) is 8.07. The number of nitrogens with zero attached hydrogens (tertiary/aromatic N) is 3. The molecule has 2 amide bonds. The van der Waals surface area contributed by atoms with Crippen LogP contribution in [0.1, 0.15) is 36.9 Å². The molecular formula is C23H26N4O2. The third-order valence-electron chi connectivity index (χ3n) is 5.77. The quantitative estimate of drug-likeness (QED) is 0.731. The summed E-state index contributed by atoms with van der Waals surface area (Å²) in [5, 5.41) is 3.62. The van der Waals surface area contributed by atoms with E-state index < -0.39 is 0 Å². The summed E-state index contributed by atoms with van der Waals surface area (Å²) >= 11 is 0. The van der Waals surface area contributed by atoms with Crippen molar-refractivity contribution in [2.75, 3.05) is 18.4 Å². The number of hydrogen-bond donors (Lipinski definition) is 1. The maximum atomic E-state index is 12.9. The van der Waals surface area contributed by atoms with Crippen LogP contribution in [0.15, 0.2) is 53.6 Å². The molecule has 6 nitrogen and oxygen atoms in total. The number of likely N-dealkylation sites (tertiary alicyclic amines) is 1. The van der Waals surface area contributed by atoms with Crippen LogP contribution < -0.4 is 10.9 Å². The molecule has 1 fully saturated rings. The number of aromatic nitrogens is 2. The number of rotatable bonds is 3. The monoisotopic (exact) mass is 390 g/mol. The first kappa shape index (κ1) is 19.2. The second-order valence-corrected chi connectivity index (χ2v) is 7.63. The Kier molecular flexibility index (Phi) is 5.34. The smallest absolute Gasteiger partial charge is 0.321 e. The van der Waals surface area contributed by atoms with Crippen molar-refractivity contribution >= 4 is 22.6 Å². The fourth-order valence-electron chi connectivity index (χ4n) is 3.95. The molecule has 1 saturated heterocycles. The van der Waals surface area contributed by atoms with Crippen LogP contribution in [-0.2, 0) is 6.42 Å². The zero-order valence-electron chi connectivity index (χ0n) is 16.9. The number of benzene rings is 2. The lowest BCUT2D eigenvalue weighted by atomic mass is 10.0. The Morgan fingerprint density at radius 3 is 2.55 bits per heavy atom. The minimum atomic E-state index is -0.0905. The highest BCUT2D eigenvalue weighted by atomic mass is 16.2. The van der Waals surface area contributed by atoms with Crippen LogP contribution in [0.5, 0.6) is 0 Å². The average molecular weight is 390 g/mol. The second-order valence-electron chi connectivity index (χ2n) is 7.63. The van der Waals surface area contributed by atoms with Crippen molar-refractivity contribution in [3.63, 3.8) is 0 Å². The van der Waals surface area contributed by atoms with Gasteiger partial charge in [0.1, 0.15) is 0 Å². The molecule has 150 valence electrons.